The first-order valence-electron chi connectivity index (χ1n) is 8.06. The van der Waals surface area contributed by atoms with Gasteiger partial charge in [-0.3, -0.25) is 19.2 Å². The van der Waals surface area contributed by atoms with Gasteiger partial charge in [0.15, 0.2) is 5.41 Å². The summed E-state index contributed by atoms with van der Waals surface area (Å²) in [4.78, 5) is 51.8. The Morgan fingerprint density at radius 2 is 1.73 bits per heavy atom. The van der Waals surface area contributed by atoms with Gasteiger partial charge in [-0.2, -0.15) is 0 Å². The Labute approximate surface area is 150 Å². The number of carbonyl (C=O) groups is 4. The van der Waals surface area contributed by atoms with Crippen molar-refractivity contribution in [2.45, 2.75) is 25.0 Å². The molecule has 1 aliphatic heterocycles. The number of fused-ring (bicyclic) bond motifs is 1. The lowest BCUT2D eigenvalue weighted by atomic mass is 9.67. The maximum atomic E-state index is 12.9. The summed E-state index contributed by atoms with van der Waals surface area (Å²) in [7, 11) is 3.95. The van der Waals surface area contributed by atoms with Crippen LogP contribution in [0.2, 0.25) is 0 Å². The van der Waals surface area contributed by atoms with E-state index in [4.69, 9.17) is 14.2 Å². The average molecular weight is 361 g/mol. The van der Waals surface area contributed by atoms with Gasteiger partial charge in [-0.1, -0.05) is 0 Å². The topological polar surface area (TPSA) is 99.2 Å². The molecule has 1 saturated carbocycles. The minimum absolute atomic E-state index is 0.127. The van der Waals surface area contributed by atoms with Crippen molar-refractivity contribution in [3.63, 3.8) is 0 Å². The van der Waals surface area contributed by atoms with Gasteiger partial charge in [0.25, 0.3) is 5.91 Å². The van der Waals surface area contributed by atoms with Crippen LogP contribution in [-0.4, -0.2) is 56.9 Å². The maximum absolute atomic E-state index is 12.9. The smallest absolute Gasteiger partial charge is 0.324 e. The van der Waals surface area contributed by atoms with E-state index < -0.39 is 35.2 Å². The van der Waals surface area contributed by atoms with E-state index in [1.807, 2.05) is 0 Å². The number of hydrogen-bond acceptors (Lipinski definition) is 7. The Morgan fingerprint density at radius 3 is 2.27 bits per heavy atom. The molecule has 0 unspecified atom stereocenters. The highest BCUT2D eigenvalue weighted by Gasteiger charge is 2.71. The molecule has 1 amide bonds. The second-order valence-corrected chi connectivity index (χ2v) is 6.25. The van der Waals surface area contributed by atoms with E-state index in [0.717, 1.165) is 7.11 Å². The lowest BCUT2D eigenvalue weighted by molar-refractivity contribution is -0.172. The zero-order valence-corrected chi connectivity index (χ0v) is 14.7. The van der Waals surface area contributed by atoms with Crippen LogP contribution < -0.4 is 9.64 Å². The Kier molecular flexibility index (Phi) is 4.53. The van der Waals surface area contributed by atoms with E-state index in [9.17, 15) is 19.2 Å². The Bertz CT molecular complexity index is 772. The number of esters is 1. The minimum atomic E-state index is -1.85. The molecule has 8 nitrogen and oxygen atoms in total. The van der Waals surface area contributed by atoms with Crippen molar-refractivity contribution in [2.24, 2.45) is 5.41 Å². The van der Waals surface area contributed by atoms with E-state index >= 15 is 0 Å². The normalized spacial score (nSPS) is 28.1. The number of methoxy groups -OCH3 is 3. The first-order valence-corrected chi connectivity index (χ1v) is 8.06. The molecule has 8 heteroatoms. The number of amides is 1. The van der Waals surface area contributed by atoms with Crippen molar-refractivity contribution in [1.82, 2.24) is 0 Å². The molecular formula is C18H19NO7. The fraction of sp³-hybridized carbons (Fsp3) is 0.444. The van der Waals surface area contributed by atoms with Gasteiger partial charge < -0.3 is 19.1 Å². The number of rotatable bonds is 4. The number of benzene rings is 1. The van der Waals surface area contributed by atoms with Gasteiger partial charge in [-0.25, -0.2) is 0 Å². The minimum Gasteiger partial charge on any atom is -0.497 e. The third-order valence-electron chi connectivity index (χ3n) is 5.13. The van der Waals surface area contributed by atoms with Gasteiger partial charge in [-0.05, 0) is 24.3 Å². The van der Waals surface area contributed by atoms with Crippen LogP contribution in [0.15, 0.2) is 24.3 Å². The largest absolute Gasteiger partial charge is 0.497 e. The SMILES string of the molecule is COC(=O)[C@@]12C(=O)C(=O)N(c3ccc(OC)cc3)[C@@H]1CC(=O)C[C@@H]2OC. The number of ether oxygens (including phenoxy) is 3. The van der Waals surface area contributed by atoms with Crippen molar-refractivity contribution < 1.29 is 33.4 Å². The summed E-state index contributed by atoms with van der Waals surface area (Å²) < 4.78 is 15.2. The molecule has 0 radical (unpaired) electrons. The highest BCUT2D eigenvalue weighted by atomic mass is 16.5. The van der Waals surface area contributed by atoms with E-state index in [-0.39, 0.29) is 18.6 Å². The zero-order chi connectivity index (χ0) is 19.1. The van der Waals surface area contributed by atoms with Crippen LogP contribution in [-0.2, 0) is 28.7 Å². The second kappa shape index (κ2) is 6.53. The van der Waals surface area contributed by atoms with Crippen molar-refractivity contribution in [1.29, 1.82) is 0 Å². The molecule has 1 aromatic carbocycles. The summed E-state index contributed by atoms with van der Waals surface area (Å²) in [5, 5.41) is 0. The number of carbonyl (C=O) groups excluding carboxylic acids is 4. The number of hydrogen-bond donors (Lipinski definition) is 0. The fourth-order valence-corrected chi connectivity index (χ4v) is 3.90. The third-order valence-corrected chi connectivity index (χ3v) is 5.13. The van der Waals surface area contributed by atoms with Crippen LogP contribution in [0.5, 0.6) is 5.75 Å². The standard InChI is InChI=1S/C18H19NO7/c1-24-12-6-4-10(5-7-12)19-13-8-11(20)9-14(25-2)18(13,17(23)26-3)15(21)16(19)22/h4-7,13-14H,8-9H2,1-3H3/t13-,14+,18+/m1/s1. The van der Waals surface area contributed by atoms with Crippen LogP contribution in [0, 0.1) is 5.41 Å². The average Bonchev–Trinajstić information content (AvgIpc) is 2.88. The van der Waals surface area contributed by atoms with E-state index in [1.165, 1.54) is 19.1 Å². The number of Topliss-reactive ketones (excluding diaryl/α,β-unsaturated/α-hetero) is 2. The molecule has 1 saturated heterocycles. The molecule has 2 fully saturated rings. The molecule has 1 aromatic rings. The van der Waals surface area contributed by atoms with Gasteiger partial charge in [-0.15, -0.1) is 0 Å². The molecular weight excluding hydrogens is 342 g/mol. The molecule has 0 aromatic heterocycles. The van der Waals surface area contributed by atoms with Crippen LogP contribution in [0.1, 0.15) is 12.8 Å². The summed E-state index contributed by atoms with van der Waals surface area (Å²) in [6, 6.07) is 5.46. The predicted molar refractivity (Wildman–Crippen MR) is 88.8 cm³/mol. The summed E-state index contributed by atoms with van der Waals surface area (Å²) in [6.45, 7) is 0. The highest BCUT2D eigenvalue weighted by Crippen LogP contribution is 2.48. The molecule has 0 bridgehead atoms. The quantitative estimate of drug-likeness (QED) is 0.438. The highest BCUT2D eigenvalue weighted by molar-refractivity contribution is 6.50. The van der Waals surface area contributed by atoms with E-state index in [0.29, 0.717) is 11.4 Å². The Hall–Kier alpha value is -2.74. The van der Waals surface area contributed by atoms with Crippen LogP contribution in [0.4, 0.5) is 5.69 Å². The van der Waals surface area contributed by atoms with Gasteiger partial charge in [0, 0.05) is 25.6 Å². The van der Waals surface area contributed by atoms with Gasteiger partial charge in [0.05, 0.1) is 26.4 Å². The summed E-state index contributed by atoms with van der Waals surface area (Å²) >= 11 is 0. The summed E-state index contributed by atoms with van der Waals surface area (Å²) in [5.74, 6) is -2.26. The van der Waals surface area contributed by atoms with Crippen LogP contribution >= 0.6 is 0 Å². The molecule has 2 aliphatic rings. The van der Waals surface area contributed by atoms with Gasteiger partial charge in [0.1, 0.15) is 11.5 Å². The molecule has 0 N–H and O–H groups in total. The molecule has 26 heavy (non-hydrogen) atoms. The van der Waals surface area contributed by atoms with Gasteiger partial charge in [0.2, 0.25) is 5.78 Å². The predicted octanol–water partition coefficient (Wildman–Crippen LogP) is 0.517. The monoisotopic (exact) mass is 361 g/mol. The van der Waals surface area contributed by atoms with Crippen molar-refractivity contribution in [3.05, 3.63) is 24.3 Å². The number of nitrogens with zero attached hydrogens (tertiary/aromatic N) is 1. The van der Waals surface area contributed by atoms with Crippen molar-refractivity contribution in [3.8, 4) is 5.75 Å². The van der Waals surface area contributed by atoms with E-state index in [1.54, 1.807) is 24.3 Å². The molecule has 1 heterocycles. The van der Waals surface area contributed by atoms with Crippen LogP contribution in [0.25, 0.3) is 0 Å². The first-order chi connectivity index (χ1) is 12.4. The summed E-state index contributed by atoms with van der Waals surface area (Å²) in [5.41, 5.74) is -1.46. The Morgan fingerprint density at radius 1 is 1.08 bits per heavy atom. The molecule has 0 spiro atoms. The number of ketones is 2. The molecule has 3 rings (SSSR count). The maximum Gasteiger partial charge on any atom is 0.324 e. The molecule has 1 aliphatic carbocycles. The molecule has 3 atom stereocenters. The lowest BCUT2D eigenvalue weighted by Gasteiger charge is -2.41. The van der Waals surface area contributed by atoms with Crippen molar-refractivity contribution in [2.75, 3.05) is 26.2 Å². The first kappa shape index (κ1) is 18.1. The van der Waals surface area contributed by atoms with Gasteiger partial charge >= 0.3 is 5.97 Å². The second-order valence-electron chi connectivity index (χ2n) is 6.25. The van der Waals surface area contributed by atoms with E-state index in [2.05, 4.69) is 0 Å². The van der Waals surface area contributed by atoms with Crippen LogP contribution in [0.3, 0.4) is 0 Å². The zero-order valence-electron chi connectivity index (χ0n) is 14.7. The molecule has 138 valence electrons. The number of anilines is 1. The van der Waals surface area contributed by atoms with Crippen molar-refractivity contribution >= 4 is 29.1 Å². The summed E-state index contributed by atoms with van der Waals surface area (Å²) in [6.07, 6.45) is -1.31. The fourth-order valence-electron chi connectivity index (χ4n) is 3.90. The third kappa shape index (κ3) is 2.33. The Balaban J connectivity index is 2.16. The lowest BCUT2D eigenvalue weighted by Crippen LogP contribution is -2.60.